The number of esters is 1. The van der Waals surface area contributed by atoms with Gasteiger partial charge in [-0.25, -0.2) is 4.79 Å². The normalized spacial score (nSPS) is 16.9. The summed E-state index contributed by atoms with van der Waals surface area (Å²) in [5.74, 6) is -1.74. The molecule has 2 N–H and O–H groups in total. The van der Waals surface area contributed by atoms with Crippen molar-refractivity contribution in [2.45, 2.75) is 64.4 Å². The fourth-order valence-electron chi connectivity index (χ4n) is 6.62. The molecule has 0 aromatic heterocycles. The molecule has 4 aromatic carbocycles. The monoisotopic (exact) mass is 720 g/mol. The molecule has 7 nitrogen and oxygen atoms in total. The van der Waals surface area contributed by atoms with E-state index in [4.69, 9.17) is 14.9 Å². The van der Waals surface area contributed by atoms with Crippen molar-refractivity contribution in [2.75, 3.05) is 12.3 Å². The summed E-state index contributed by atoms with van der Waals surface area (Å²) >= 11 is 0. The number of amides is 1. The number of nitrogens with zero attached hydrogens (tertiary/aromatic N) is 1. The second kappa shape index (κ2) is 15.4. The number of ketones is 1. The number of benzene rings is 4. The molecule has 1 saturated heterocycles. The van der Waals surface area contributed by atoms with Crippen molar-refractivity contribution in [3.05, 3.63) is 133 Å². The first-order valence-electron chi connectivity index (χ1n) is 17.3. The molecule has 1 heterocycles. The first-order valence-corrected chi connectivity index (χ1v) is 22.0. The highest BCUT2D eigenvalue weighted by Crippen LogP contribution is 2.50. The zero-order valence-corrected chi connectivity index (χ0v) is 32.3. The molecule has 9 heteroatoms. The van der Waals surface area contributed by atoms with Crippen LogP contribution in [0.3, 0.4) is 0 Å². The van der Waals surface area contributed by atoms with E-state index >= 15 is 0 Å². The van der Waals surface area contributed by atoms with E-state index in [1.165, 1.54) is 6.08 Å². The molecule has 1 fully saturated rings. The number of anilines is 1. The van der Waals surface area contributed by atoms with Crippen LogP contribution >= 0.6 is 6.89 Å². The first kappa shape index (κ1) is 37.8. The Morgan fingerprint density at radius 3 is 1.76 bits per heavy atom. The lowest BCUT2D eigenvalue weighted by Gasteiger charge is -2.53. The first-order chi connectivity index (χ1) is 24.2. The number of carbonyl (C=O) groups is 3. The summed E-state index contributed by atoms with van der Waals surface area (Å²) in [4.78, 5) is 45.5. The lowest BCUT2D eigenvalue weighted by Crippen LogP contribution is -2.69. The Hall–Kier alpha value is -4.49. The van der Waals surface area contributed by atoms with Crippen LogP contribution in [0.5, 0.6) is 0 Å². The van der Waals surface area contributed by atoms with Crippen LogP contribution in [0, 0.1) is 5.92 Å². The lowest BCUT2D eigenvalue weighted by molar-refractivity contribution is -0.156. The van der Waals surface area contributed by atoms with Gasteiger partial charge in [0.15, 0.2) is 14.1 Å². The smallest absolute Gasteiger partial charge is 0.356 e. The average molecular weight is 721 g/mol. The van der Waals surface area contributed by atoms with Gasteiger partial charge in [0.25, 0.3) is 0 Å². The van der Waals surface area contributed by atoms with Gasteiger partial charge in [-0.15, -0.1) is 0 Å². The quantitative estimate of drug-likeness (QED) is 0.0306. The number of hydrogen-bond donors (Lipinski definition) is 1. The Bertz CT molecular complexity index is 1820. The van der Waals surface area contributed by atoms with Crippen LogP contribution in [0.4, 0.5) is 5.69 Å². The Kier molecular flexibility index (Phi) is 11.4. The highest BCUT2D eigenvalue weighted by molar-refractivity contribution is 7.96. The zero-order chi connectivity index (χ0) is 37.0. The molecule has 1 aliphatic rings. The van der Waals surface area contributed by atoms with Crippen LogP contribution in [-0.2, 0) is 18.8 Å². The molecule has 0 radical (unpaired) electrons. The van der Waals surface area contributed by atoms with Crippen molar-refractivity contribution in [3.8, 4) is 0 Å². The minimum atomic E-state index is -3.15. The Morgan fingerprint density at radius 1 is 0.863 bits per heavy atom. The molecule has 0 bridgehead atoms. The third kappa shape index (κ3) is 7.45. The highest BCUT2D eigenvalue weighted by Gasteiger charge is 2.57. The molecular formula is C42H49N2O5PSi. The number of hydrogen-bond acceptors (Lipinski definition) is 6. The second-order valence-electron chi connectivity index (χ2n) is 14.5. The number of Topliss-reactive ketones (excluding diaryl/α,β-unsaturated/α-hetero) is 1. The molecule has 0 spiro atoms. The third-order valence-electron chi connectivity index (χ3n) is 10.2. The van der Waals surface area contributed by atoms with Gasteiger partial charge in [0.05, 0.1) is 18.1 Å². The largest absolute Gasteiger partial charge is 0.457 e. The molecule has 5 rings (SSSR count). The van der Waals surface area contributed by atoms with E-state index in [1.54, 1.807) is 29.2 Å². The van der Waals surface area contributed by atoms with Crippen LogP contribution in [-0.4, -0.2) is 55.0 Å². The Labute approximate surface area is 303 Å². The second-order valence-corrected chi connectivity index (χ2v) is 22.6. The minimum absolute atomic E-state index is 0.0257. The van der Waals surface area contributed by atoms with E-state index in [-0.39, 0.29) is 35.2 Å². The third-order valence-corrected chi connectivity index (χ3v) is 19.0. The SMILES string of the molecule is C=CCOC(=O)C(N1C(=O)[C@H](C(C)O[Si](C)(C)C(C)(C)C)[C@H]1CC(=O)c1ccc(N)cc1)=P(c1ccccc1)(c1ccccc1)c1ccccc1. The summed E-state index contributed by atoms with van der Waals surface area (Å²) in [6.45, 7) is 13.3. The maximum atomic E-state index is 15.0. The molecule has 1 aliphatic heterocycles. The van der Waals surface area contributed by atoms with Gasteiger partial charge in [0.1, 0.15) is 12.0 Å². The number of nitrogens with two attached hydrogens (primary N) is 1. The summed E-state index contributed by atoms with van der Waals surface area (Å²) in [6.07, 6.45) is 0.978. The fourth-order valence-corrected chi connectivity index (χ4v) is 12.4. The van der Waals surface area contributed by atoms with Gasteiger partial charge in [-0.2, -0.15) is 0 Å². The van der Waals surface area contributed by atoms with E-state index in [9.17, 15) is 14.4 Å². The maximum Gasteiger partial charge on any atom is 0.356 e. The number of β-lactam (4-membered cyclic amide) rings is 1. The van der Waals surface area contributed by atoms with Gasteiger partial charge >= 0.3 is 5.97 Å². The Balaban J connectivity index is 1.83. The van der Waals surface area contributed by atoms with Gasteiger partial charge in [-0.1, -0.05) is 124 Å². The van der Waals surface area contributed by atoms with Gasteiger partial charge in [-0.3, -0.25) is 9.59 Å². The summed E-state index contributed by atoms with van der Waals surface area (Å²) < 4.78 is 12.8. The predicted molar refractivity (Wildman–Crippen MR) is 213 cm³/mol. The van der Waals surface area contributed by atoms with Gasteiger partial charge in [0, 0.05) is 24.6 Å². The molecule has 266 valence electrons. The molecule has 4 aromatic rings. The summed E-state index contributed by atoms with van der Waals surface area (Å²) in [5.41, 5.74) is 7.20. The van der Waals surface area contributed by atoms with Crippen molar-refractivity contribution in [1.82, 2.24) is 4.90 Å². The highest BCUT2D eigenvalue weighted by atomic mass is 31.2. The molecule has 1 unspecified atom stereocenters. The topological polar surface area (TPSA) is 98.9 Å². The standard InChI is InChI=1S/C42H49N2O5PSi/c1-8-28-48-41(47)40(50(33-18-12-9-13-19-33,34-20-14-10-15-21-34)35-22-16-11-17-23-35)44-36(29-37(45)31-24-26-32(43)27-25-31)38(39(44)46)30(2)49-51(6,7)42(3,4)5/h8-27,30,36,38H,1,28-29,43H2,2-7H3/t30?,36-,38-/m1/s1. The number of ether oxygens (including phenoxy) is 1. The van der Waals surface area contributed by atoms with Crippen LogP contribution < -0.4 is 21.6 Å². The summed E-state index contributed by atoms with van der Waals surface area (Å²) in [5, 5.41) is 2.51. The van der Waals surface area contributed by atoms with Crippen LogP contribution in [0.25, 0.3) is 0 Å². The maximum absolute atomic E-state index is 15.0. The van der Waals surface area contributed by atoms with Crippen molar-refractivity contribution >= 4 is 59.9 Å². The van der Waals surface area contributed by atoms with E-state index < -0.39 is 39.2 Å². The summed E-state index contributed by atoms with van der Waals surface area (Å²) in [7, 11) is -2.34. The van der Waals surface area contributed by atoms with E-state index in [1.807, 2.05) is 97.9 Å². The predicted octanol–water partition coefficient (Wildman–Crippen LogP) is 6.93. The van der Waals surface area contributed by atoms with E-state index in [0.717, 1.165) is 15.9 Å². The molecule has 0 aliphatic carbocycles. The van der Waals surface area contributed by atoms with Gasteiger partial charge in [-0.05, 0) is 65.2 Å². The molecule has 3 atom stereocenters. The fraction of sp³-hybridized carbons (Fsp3) is 0.286. The van der Waals surface area contributed by atoms with Crippen molar-refractivity contribution in [3.63, 3.8) is 0 Å². The number of rotatable bonds is 13. The van der Waals surface area contributed by atoms with E-state index in [2.05, 4.69) is 40.4 Å². The zero-order valence-electron chi connectivity index (χ0n) is 30.4. The van der Waals surface area contributed by atoms with Gasteiger partial charge in [0.2, 0.25) is 5.91 Å². The van der Waals surface area contributed by atoms with Crippen molar-refractivity contribution < 1.29 is 23.5 Å². The van der Waals surface area contributed by atoms with Crippen molar-refractivity contribution in [1.29, 1.82) is 0 Å². The molecular weight excluding hydrogens is 672 g/mol. The summed E-state index contributed by atoms with van der Waals surface area (Å²) in [6, 6.07) is 35.6. The number of likely N-dealkylation sites (tertiary alicyclic amines) is 1. The molecule has 0 saturated carbocycles. The van der Waals surface area contributed by atoms with Crippen molar-refractivity contribution in [2.24, 2.45) is 5.92 Å². The van der Waals surface area contributed by atoms with E-state index in [0.29, 0.717) is 11.3 Å². The lowest BCUT2D eigenvalue weighted by atomic mass is 9.79. The number of nitrogen functional groups attached to an aromatic ring is 1. The minimum Gasteiger partial charge on any atom is -0.457 e. The number of carbonyl (C=O) groups excluding carboxylic acids is 3. The van der Waals surface area contributed by atoms with Crippen LogP contribution in [0.1, 0.15) is 44.5 Å². The Morgan fingerprint density at radius 2 is 1.33 bits per heavy atom. The average Bonchev–Trinajstić information content (AvgIpc) is 3.11. The van der Waals surface area contributed by atoms with Gasteiger partial charge < -0.3 is 19.8 Å². The van der Waals surface area contributed by atoms with Crippen LogP contribution in [0.2, 0.25) is 18.1 Å². The molecule has 1 amide bonds. The molecule has 51 heavy (non-hydrogen) atoms. The van der Waals surface area contributed by atoms with Crippen LogP contribution in [0.15, 0.2) is 128 Å².